The highest BCUT2D eigenvalue weighted by atomic mass is 16.2. The Labute approximate surface area is 168 Å². The van der Waals surface area contributed by atoms with Crippen LogP contribution < -0.4 is 15.5 Å². The molecule has 2 aromatic carbocycles. The van der Waals surface area contributed by atoms with Crippen molar-refractivity contribution < 1.29 is 14.4 Å². The number of nitrogens with one attached hydrogen (secondary N) is 3. The van der Waals surface area contributed by atoms with Crippen LogP contribution in [0.1, 0.15) is 16.8 Å². The van der Waals surface area contributed by atoms with Gasteiger partial charge in [0.25, 0.3) is 5.91 Å². The Morgan fingerprint density at radius 3 is 2.62 bits per heavy atom. The van der Waals surface area contributed by atoms with Crippen LogP contribution in [0.15, 0.2) is 60.8 Å². The molecule has 1 fully saturated rings. The standard InChI is InChI=1S/C22H22N4O3/c27-20-13-15(14-26(20)16-5-2-1-3-6-16)21(28)24-11-12-25-22(29)18-7-4-8-19-17(18)9-10-23-19/h1-10,15,23H,11-14H2,(H,24,28)(H,25,29). The van der Waals surface area contributed by atoms with Gasteiger partial charge in [-0.05, 0) is 30.3 Å². The van der Waals surface area contributed by atoms with E-state index in [0.29, 0.717) is 25.2 Å². The van der Waals surface area contributed by atoms with E-state index in [2.05, 4.69) is 15.6 Å². The summed E-state index contributed by atoms with van der Waals surface area (Å²) < 4.78 is 0. The van der Waals surface area contributed by atoms with E-state index in [4.69, 9.17) is 0 Å². The number of hydrogen-bond donors (Lipinski definition) is 3. The SMILES string of the molecule is O=C(NCCNC(=O)C1CC(=O)N(c2ccccc2)C1)c1cccc2[nH]ccc12. The number of nitrogens with zero attached hydrogens (tertiary/aromatic N) is 1. The summed E-state index contributed by atoms with van der Waals surface area (Å²) in [6, 6.07) is 16.7. The number of para-hydroxylation sites is 1. The highest BCUT2D eigenvalue weighted by molar-refractivity contribution is 6.06. The van der Waals surface area contributed by atoms with Crippen molar-refractivity contribution in [2.24, 2.45) is 5.92 Å². The molecule has 3 amide bonds. The molecule has 1 saturated heterocycles. The number of carbonyl (C=O) groups is 3. The lowest BCUT2D eigenvalue weighted by Gasteiger charge is -2.16. The number of H-pyrrole nitrogens is 1. The smallest absolute Gasteiger partial charge is 0.252 e. The number of carbonyl (C=O) groups excluding carboxylic acids is 3. The molecule has 1 aromatic heterocycles. The minimum atomic E-state index is -0.382. The van der Waals surface area contributed by atoms with Gasteiger partial charge in [0.05, 0.1) is 5.92 Å². The maximum Gasteiger partial charge on any atom is 0.252 e. The van der Waals surface area contributed by atoms with Crippen molar-refractivity contribution in [1.82, 2.24) is 15.6 Å². The van der Waals surface area contributed by atoms with Gasteiger partial charge >= 0.3 is 0 Å². The first-order valence-corrected chi connectivity index (χ1v) is 9.61. The zero-order valence-electron chi connectivity index (χ0n) is 15.9. The van der Waals surface area contributed by atoms with Crippen molar-refractivity contribution >= 4 is 34.3 Å². The van der Waals surface area contributed by atoms with Crippen LogP contribution in [-0.2, 0) is 9.59 Å². The number of anilines is 1. The van der Waals surface area contributed by atoms with E-state index in [1.165, 1.54) is 0 Å². The van der Waals surface area contributed by atoms with Crippen LogP contribution in [0.3, 0.4) is 0 Å². The third-order valence-corrected chi connectivity index (χ3v) is 5.11. The molecular formula is C22H22N4O3. The molecule has 1 aliphatic heterocycles. The minimum Gasteiger partial charge on any atom is -0.361 e. The second-order valence-electron chi connectivity index (χ2n) is 7.03. The number of aromatic amines is 1. The maximum atomic E-state index is 12.4. The molecule has 29 heavy (non-hydrogen) atoms. The van der Waals surface area contributed by atoms with Crippen LogP contribution in [-0.4, -0.2) is 42.3 Å². The van der Waals surface area contributed by atoms with Gasteiger partial charge in [-0.1, -0.05) is 24.3 Å². The predicted octanol–water partition coefficient (Wildman–Crippen LogP) is 2.07. The quantitative estimate of drug-likeness (QED) is 0.563. The topological polar surface area (TPSA) is 94.3 Å². The molecule has 7 nitrogen and oxygen atoms in total. The maximum absolute atomic E-state index is 12.4. The third kappa shape index (κ3) is 3.99. The van der Waals surface area contributed by atoms with Gasteiger partial charge in [0.15, 0.2) is 0 Å². The molecule has 0 radical (unpaired) electrons. The molecule has 0 spiro atoms. The second kappa shape index (κ2) is 8.18. The van der Waals surface area contributed by atoms with Crippen LogP contribution in [0.5, 0.6) is 0 Å². The van der Waals surface area contributed by atoms with Crippen LogP contribution >= 0.6 is 0 Å². The first-order chi connectivity index (χ1) is 14.1. The normalized spacial score (nSPS) is 16.2. The lowest BCUT2D eigenvalue weighted by atomic mass is 10.1. The van der Waals surface area contributed by atoms with Gasteiger partial charge in [0, 0.05) is 54.4 Å². The van der Waals surface area contributed by atoms with Crippen molar-refractivity contribution in [3.05, 3.63) is 66.4 Å². The fourth-order valence-electron chi connectivity index (χ4n) is 3.63. The number of fused-ring (bicyclic) bond motifs is 1. The highest BCUT2D eigenvalue weighted by Crippen LogP contribution is 2.24. The molecule has 4 rings (SSSR count). The molecule has 2 heterocycles. The van der Waals surface area contributed by atoms with Crippen molar-refractivity contribution in [3.63, 3.8) is 0 Å². The summed E-state index contributed by atoms with van der Waals surface area (Å²) in [5.74, 6) is -0.786. The monoisotopic (exact) mass is 390 g/mol. The molecule has 0 saturated carbocycles. The van der Waals surface area contributed by atoms with E-state index in [-0.39, 0.29) is 30.1 Å². The number of rotatable bonds is 6. The summed E-state index contributed by atoms with van der Waals surface area (Å²) >= 11 is 0. The van der Waals surface area contributed by atoms with Crippen LogP contribution in [0, 0.1) is 5.92 Å². The van der Waals surface area contributed by atoms with Crippen molar-refractivity contribution in [2.75, 3.05) is 24.5 Å². The first-order valence-electron chi connectivity index (χ1n) is 9.61. The molecule has 7 heteroatoms. The summed E-state index contributed by atoms with van der Waals surface area (Å²) in [5.41, 5.74) is 2.30. The molecule has 1 atom stereocenters. The van der Waals surface area contributed by atoms with E-state index in [1.807, 2.05) is 48.5 Å². The molecule has 1 aliphatic rings. The lowest BCUT2D eigenvalue weighted by molar-refractivity contribution is -0.126. The Balaban J connectivity index is 1.26. The summed E-state index contributed by atoms with van der Waals surface area (Å²) in [6.07, 6.45) is 1.99. The summed E-state index contributed by atoms with van der Waals surface area (Å²) in [6.45, 7) is 0.995. The van der Waals surface area contributed by atoms with Gasteiger partial charge in [0.1, 0.15) is 0 Å². The Morgan fingerprint density at radius 1 is 1.00 bits per heavy atom. The van der Waals surface area contributed by atoms with Gasteiger partial charge in [-0.2, -0.15) is 0 Å². The molecule has 0 bridgehead atoms. The Bertz CT molecular complexity index is 1040. The van der Waals surface area contributed by atoms with E-state index < -0.39 is 0 Å². The average Bonchev–Trinajstić information content (AvgIpc) is 3.38. The second-order valence-corrected chi connectivity index (χ2v) is 7.03. The molecule has 1 unspecified atom stereocenters. The Kier molecular flexibility index (Phi) is 5.29. The van der Waals surface area contributed by atoms with Gasteiger partial charge in [-0.15, -0.1) is 0 Å². The number of amides is 3. The number of benzene rings is 2. The fourth-order valence-corrected chi connectivity index (χ4v) is 3.63. The Hall–Kier alpha value is -3.61. The van der Waals surface area contributed by atoms with E-state index in [1.54, 1.807) is 17.2 Å². The van der Waals surface area contributed by atoms with Gasteiger partial charge < -0.3 is 20.5 Å². The van der Waals surface area contributed by atoms with Crippen molar-refractivity contribution in [3.8, 4) is 0 Å². The average molecular weight is 390 g/mol. The van der Waals surface area contributed by atoms with Crippen LogP contribution in [0.2, 0.25) is 0 Å². The fraction of sp³-hybridized carbons (Fsp3) is 0.227. The molecule has 148 valence electrons. The van der Waals surface area contributed by atoms with E-state index >= 15 is 0 Å². The third-order valence-electron chi connectivity index (χ3n) is 5.11. The largest absolute Gasteiger partial charge is 0.361 e. The van der Waals surface area contributed by atoms with Gasteiger partial charge in [-0.25, -0.2) is 0 Å². The van der Waals surface area contributed by atoms with Crippen LogP contribution in [0.25, 0.3) is 10.9 Å². The van der Waals surface area contributed by atoms with Crippen molar-refractivity contribution in [2.45, 2.75) is 6.42 Å². The van der Waals surface area contributed by atoms with Gasteiger partial charge in [0.2, 0.25) is 11.8 Å². The van der Waals surface area contributed by atoms with Crippen molar-refractivity contribution in [1.29, 1.82) is 0 Å². The van der Waals surface area contributed by atoms with Crippen LogP contribution in [0.4, 0.5) is 5.69 Å². The Morgan fingerprint density at radius 2 is 1.79 bits per heavy atom. The molecular weight excluding hydrogens is 368 g/mol. The first kappa shape index (κ1) is 18.7. The summed E-state index contributed by atoms with van der Waals surface area (Å²) in [4.78, 5) is 41.8. The molecule has 3 N–H and O–H groups in total. The zero-order valence-corrected chi connectivity index (χ0v) is 15.9. The minimum absolute atomic E-state index is 0.0516. The predicted molar refractivity (Wildman–Crippen MR) is 111 cm³/mol. The zero-order chi connectivity index (χ0) is 20.2. The number of aromatic nitrogens is 1. The molecule has 0 aliphatic carbocycles. The number of hydrogen-bond acceptors (Lipinski definition) is 3. The lowest BCUT2D eigenvalue weighted by Crippen LogP contribution is -2.38. The van der Waals surface area contributed by atoms with Gasteiger partial charge in [-0.3, -0.25) is 14.4 Å². The van der Waals surface area contributed by atoms with E-state index in [9.17, 15) is 14.4 Å². The van der Waals surface area contributed by atoms with E-state index in [0.717, 1.165) is 16.6 Å². The summed E-state index contributed by atoms with van der Waals surface area (Å²) in [5, 5.41) is 6.50. The molecule has 3 aromatic rings. The highest BCUT2D eigenvalue weighted by Gasteiger charge is 2.34. The summed E-state index contributed by atoms with van der Waals surface area (Å²) in [7, 11) is 0.